The summed E-state index contributed by atoms with van der Waals surface area (Å²) in [6, 6.07) is 3.02. The van der Waals surface area contributed by atoms with Gasteiger partial charge in [-0.25, -0.2) is 9.40 Å². The Bertz CT molecular complexity index is 748. The molecule has 0 radical (unpaired) electrons. The quantitative estimate of drug-likeness (QED) is 0.797. The number of carbonyl (C=O) groups excluding carboxylic acids is 3. The predicted molar refractivity (Wildman–Crippen MR) is 94.1 cm³/mol. The van der Waals surface area contributed by atoms with Crippen LogP contribution < -0.4 is 5.32 Å². The zero-order chi connectivity index (χ0) is 17.6. The number of imide groups is 1. The normalized spacial score (nSPS) is 21.0. The first-order valence-corrected chi connectivity index (χ1v) is 8.77. The molecule has 0 saturated carbocycles. The van der Waals surface area contributed by atoms with Gasteiger partial charge in [0, 0.05) is 18.4 Å². The van der Waals surface area contributed by atoms with Gasteiger partial charge >= 0.3 is 0 Å². The lowest BCUT2D eigenvalue weighted by molar-refractivity contribution is -0.163. The molecule has 0 atom stereocenters. The third-order valence-electron chi connectivity index (χ3n) is 5.28. The van der Waals surface area contributed by atoms with Crippen LogP contribution in [-0.2, 0) is 16.1 Å². The summed E-state index contributed by atoms with van der Waals surface area (Å²) >= 11 is 0. The Morgan fingerprint density at radius 2 is 1.69 bits per heavy atom. The number of fused-ring (bicyclic) bond motifs is 1. The van der Waals surface area contributed by atoms with E-state index < -0.39 is 5.91 Å². The third-order valence-corrected chi connectivity index (χ3v) is 5.28. The van der Waals surface area contributed by atoms with E-state index in [0.29, 0.717) is 17.5 Å². The summed E-state index contributed by atoms with van der Waals surface area (Å²) in [5.41, 5.74) is 1.57. The van der Waals surface area contributed by atoms with Crippen LogP contribution in [0.3, 0.4) is 0 Å². The minimum Gasteiger partial charge on any atom is -0.317 e. The minimum atomic E-state index is -0.477. The van der Waals surface area contributed by atoms with Crippen LogP contribution in [0.1, 0.15) is 59.5 Å². The average molecular weight is 382 g/mol. The van der Waals surface area contributed by atoms with Gasteiger partial charge in [0.2, 0.25) is 11.8 Å². The first kappa shape index (κ1) is 18.8. The molecular weight excluding hydrogens is 361 g/mol. The van der Waals surface area contributed by atoms with Crippen molar-refractivity contribution in [2.75, 3.05) is 13.1 Å². The van der Waals surface area contributed by atoms with Crippen LogP contribution in [0.15, 0.2) is 12.1 Å². The molecule has 8 heteroatoms. The van der Waals surface area contributed by atoms with Crippen LogP contribution in [0.4, 0.5) is 4.39 Å². The average Bonchev–Trinajstić information content (AvgIpc) is 2.91. The molecule has 0 aliphatic carbocycles. The lowest BCUT2D eigenvalue weighted by Gasteiger charge is -2.32. The maximum absolute atomic E-state index is 14.6. The van der Waals surface area contributed by atoms with E-state index in [4.69, 9.17) is 0 Å². The molecule has 26 heavy (non-hydrogen) atoms. The van der Waals surface area contributed by atoms with Gasteiger partial charge in [0.1, 0.15) is 5.82 Å². The first-order valence-electron chi connectivity index (χ1n) is 8.77. The van der Waals surface area contributed by atoms with Crippen molar-refractivity contribution in [3.8, 4) is 0 Å². The molecule has 2 fully saturated rings. The first-order chi connectivity index (χ1) is 12.1. The fourth-order valence-corrected chi connectivity index (χ4v) is 3.96. The maximum Gasteiger partial charge on any atom is 0.273 e. The summed E-state index contributed by atoms with van der Waals surface area (Å²) in [5, 5.41) is 5.38. The van der Waals surface area contributed by atoms with E-state index in [0.717, 1.165) is 30.9 Å². The molecule has 3 amide bonds. The monoisotopic (exact) mass is 381 g/mol. The SMILES string of the molecule is Cl.O=C1c2cc(F)c(C3CCNCC3)cc2CN1N1C(=O)CCCC1=O. The number of hydrogen-bond acceptors (Lipinski definition) is 4. The Balaban J connectivity index is 0.00000196. The molecule has 3 heterocycles. The topological polar surface area (TPSA) is 69.7 Å². The summed E-state index contributed by atoms with van der Waals surface area (Å²) in [6.45, 7) is 1.84. The van der Waals surface area contributed by atoms with Crippen molar-refractivity contribution in [2.45, 2.75) is 44.6 Å². The molecule has 0 bridgehead atoms. The summed E-state index contributed by atoms with van der Waals surface area (Å²) in [4.78, 5) is 36.8. The van der Waals surface area contributed by atoms with Crippen LogP contribution in [0.2, 0.25) is 0 Å². The summed E-state index contributed by atoms with van der Waals surface area (Å²) in [5.74, 6) is -1.45. The van der Waals surface area contributed by atoms with Gasteiger partial charge in [0.25, 0.3) is 5.91 Å². The van der Waals surface area contributed by atoms with E-state index in [1.165, 1.54) is 11.1 Å². The Hall–Kier alpha value is -1.99. The number of nitrogens with zero attached hydrogens (tertiary/aromatic N) is 2. The van der Waals surface area contributed by atoms with Crippen LogP contribution >= 0.6 is 12.4 Å². The second-order valence-corrected chi connectivity index (χ2v) is 6.87. The Morgan fingerprint density at radius 1 is 1.04 bits per heavy atom. The van der Waals surface area contributed by atoms with Crippen molar-refractivity contribution in [1.29, 1.82) is 0 Å². The number of halogens is 2. The largest absolute Gasteiger partial charge is 0.317 e. The highest BCUT2D eigenvalue weighted by atomic mass is 35.5. The molecule has 6 nitrogen and oxygen atoms in total. The van der Waals surface area contributed by atoms with Crippen molar-refractivity contribution in [2.24, 2.45) is 0 Å². The zero-order valence-electron chi connectivity index (χ0n) is 14.3. The highest BCUT2D eigenvalue weighted by Gasteiger charge is 2.40. The van der Waals surface area contributed by atoms with E-state index in [9.17, 15) is 18.8 Å². The molecular formula is C18H21ClFN3O3. The minimum absolute atomic E-state index is 0. The van der Waals surface area contributed by atoms with Gasteiger partial charge in [-0.2, -0.15) is 5.01 Å². The molecule has 1 aromatic rings. The number of amides is 3. The van der Waals surface area contributed by atoms with E-state index in [1.807, 2.05) is 0 Å². The van der Waals surface area contributed by atoms with Crippen LogP contribution in [0.5, 0.6) is 0 Å². The van der Waals surface area contributed by atoms with Crippen molar-refractivity contribution in [1.82, 2.24) is 15.3 Å². The highest BCUT2D eigenvalue weighted by Crippen LogP contribution is 2.34. The van der Waals surface area contributed by atoms with Crippen LogP contribution in [-0.4, -0.2) is 40.8 Å². The smallest absolute Gasteiger partial charge is 0.273 e. The number of piperidine rings is 2. The molecule has 0 unspecified atom stereocenters. The van der Waals surface area contributed by atoms with Gasteiger partial charge in [0.05, 0.1) is 6.54 Å². The molecule has 1 aromatic carbocycles. The van der Waals surface area contributed by atoms with E-state index in [1.54, 1.807) is 6.07 Å². The molecule has 140 valence electrons. The molecule has 3 aliphatic rings. The molecule has 3 aliphatic heterocycles. The second-order valence-electron chi connectivity index (χ2n) is 6.87. The van der Waals surface area contributed by atoms with Gasteiger partial charge in [-0.05, 0) is 61.5 Å². The van der Waals surface area contributed by atoms with E-state index in [-0.39, 0.29) is 60.9 Å². The molecule has 4 rings (SSSR count). The number of hydrazine groups is 1. The lowest BCUT2D eigenvalue weighted by Crippen LogP contribution is -2.51. The number of carbonyl (C=O) groups is 3. The Kier molecular flexibility index (Phi) is 5.29. The van der Waals surface area contributed by atoms with Gasteiger partial charge in [-0.3, -0.25) is 14.4 Å². The number of benzene rings is 1. The number of nitrogens with one attached hydrogen (secondary N) is 1. The van der Waals surface area contributed by atoms with E-state index in [2.05, 4.69) is 5.32 Å². The molecule has 2 saturated heterocycles. The van der Waals surface area contributed by atoms with Crippen molar-refractivity contribution >= 4 is 30.1 Å². The summed E-state index contributed by atoms with van der Waals surface area (Å²) in [6.07, 6.45) is 2.73. The van der Waals surface area contributed by atoms with Crippen molar-refractivity contribution in [3.63, 3.8) is 0 Å². The Morgan fingerprint density at radius 3 is 2.35 bits per heavy atom. The van der Waals surface area contributed by atoms with Crippen LogP contribution in [0, 0.1) is 5.82 Å². The van der Waals surface area contributed by atoms with Gasteiger partial charge in [-0.15, -0.1) is 12.4 Å². The Labute approximate surface area is 157 Å². The lowest BCUT2D eigenvalue weighted by atomic mass is 9.88. The van der Waals surface area contributed by atoms with E-state index >= 15 is 0 Å². The molecule has 1 N–H and O–H groups in total. The van der Waals surface area contributed by atoms with Crippen molar-refractivity contribution < 1.29 is 18.8 Å². The third kappa shape index (κ3) is 3.10. The zero-order valence-corrected chi connectivity index (χ0v) is 15.1. The van der Waals surface area contributed by atoms with Gasteiger partial charge < -0.3 is 5.32 Å². The summed E-state index contributed by atoms with van der Waals surface area (Å²) in [7, 11) is 0. The second kappa shape index (κ2) is 7.32. The van der Waals surface area contributed by atoms with Gasteiger partial charge in [-0.1, -0.05) is 0 Å². The standard InChI is InChI=1S/C18H20FN3O3.ClH/c19-15-9-14-12(8-13(15)11-4-6-20-7-5-11)10-21(18(14)25)22-16(23)2-1-3-17(22)24;/h8-9,11,20H,1-7,10H2;1H. The molecule has 0 aromatic heterocycles. The number of hydrogen-bond donors (Lipinski definition) is 1. The fraction of sp³-hybridized carbons (Fsp3) is 0.500. The van der Waals surface area contributed by atoms with Gasteiger partial charge in [0.15, 0.2) is 0 Å². The number of rotatable bonds is 2. The molecule has 0 spiro atoms. The van der Waals surface area contributed by atoms with Crippen LogP contribution in [0.25, 0.3) is 0 Å². The van der Waals surface area contributed by atoms with Crippen molar-refractivity contribution in [3.05, 3.63) is 34.6 Å². The fourth-order valence-electron chi connectivity index (χ4n) is 3.96. The summed E-state index contributed by atoms with van der Waals surface area (Å²) < 4.78 is 14.6. The predicted octanol–water partition coefficient (Wildman–Crippen LogP) is 2.12. The maximum atomic E-state index is 14.6. The highest BCUT2D eigenvalue weighted by molar-refractivity contribution is 6.04.